The van der Waals surface area contributed by atoms with Crippen molar-refractivity contribution in [2.75, 3.05) is 32.7 Å². The second-order valence-corrected chi connectivity index (χ2v) is 5.64. The Kier molecular flexibility index (Phi) is 3.82. The molecule has 1 saturated heterocycles. The molecule has 1 aromatic carbocycles. The predicted molar refractivity (Wildman–Crippen MR) is 77.4 cm³/mol. The van der Waals surface area contributed by atoms with Crippen molar-refractivity contribution >= 4 is 5.69 Å². The van der Waals surface area contributed by atoms with Gasteiger partial charge < -0.3 is 4.90 Å². The third-order valence-electron chi connectivity index (χ3n) is 4.25. The van der Waals surface area contributed by atoms with Gasteiger partial charge in [-0.3, -0.25) is 4.90 Å². The molecular formula is C16H21N3. The highest BCUT2D eigenvalue weighted by molar-refractivity contribution is 5.45. The number of piperazine rings is 1. The molecule has 0 spiro atoms. The van der Waals surface area contributed by atoms with Gasteiger partial charge in [-0.25, -0.2) is 4.85 Å². The Labute approximate surface area is 115 Å². The van der Waals surface area contributed by atoms with E-state index in [-0.39, 0.29) is 0 Å². The maximum absolute atomic E-state index is 6.95. The van der Waals surface area contributed by atoms with E-state index in [1.807, 2.05) is 12.1 Å². The molecule has 2 aliphatic rings. The monoisotopic (exact) mass is 255 g/mol. The maximum Gasteiger partial charge on any atom is 0.187 e. The van der Waals surface area contributed by atoms with Crippen LogP contribution in [0.2, 0.25) is 0 Å². The van der Waals surface area contributed by atoms with E-state index in [0.29, 0.717) is 0 Å². The largest absolute Gasteiger partial charge is 0.300 e. The topological polar surface area (TPSA) is 10.8 Å². The molecule has 0 amide bonds. The van der Waals surface area contributed by atoms with Crippen molar-refractivity contribution < 1.29 is 0 Å². The third-order valence-corrected chi connectivity index (χ3v) is 4.25. The molecule has 0 N–H and O–H groups in total. The molecule has 0 atom stereocenters. The van der Waals surface area contributed by atoms with E-state index in [2.05, 4.69) is 26.8 Å². The summed E-state index contributed by atoms with van der Waals surface area (Å²) in [4.78, 5) is 8.65. The zero-order chi connectivity index (χ0) is 13.1. The van der Waals surface area contributed by atoms with Crippen LogP contribution in [0.5, 0.6) is 0 Å². The number of nitrogens with zero attached hydrogens (tertiary/aromatic N) is 3. The molecule has 19 heavy (non-hydrogen) atoms. The average Bonchev–Trinajstić information content (AvgIpc) is 3.31. The second kappa shape index (κ2) is 5.73. The lowest BCUT2D eigenvalue weighted by atomic mass is 10.1. The van der Waals surface area contributed by atoms with Crippen LogP contribution in [0.3, 0.4) is 0 Å². The van der Waals surface area contributed by atoms with Crippen LogP contribution in [0.25, 0.3) is 4.85 Å². The maximum atomic E-state index is 6.95. The first kappa shape index (κ1) is 12.7. The zero-order valence-corrected chi connectivity index (χ0v) is 11.4. The van der Waals surface area contributed by atoms with Crippen molar-refractivity contribution in [3.8, 4) is 0 Å². The fourth-order valence-corrected chi connectivity index (χ4v) is 2.82. The van der Waals surface area contributed by atoms with Gasteiger partial charge in [-0.1, -0.05) is 24.3 Å². The summed E-state index contributed by atoms with van der Waals surface area (Å²) in [5.41, 5.74) is 2.08. The Morgan fingerprint density at radius 2 is 1.74 bits per heavy atom. The van der Waals surface area contributed by atoms with Crippen LogP contribution in [-0.4, -0.2) is 48.6 Å². The first-order chi connectivity index (χ1) is 9.35. The zero-order valence-electron chi connectivity index (χ0n) is 11.4. The quantitative estimate of drug-likeness (QED) is 0.766. The van der Waals surface area contributed by atoms with Crippen molar-refractivity contribution in [2.24, 2.45) is 0 Å². The summed E-state index contributed by atoms with van der Waals surface area (Å²) in [5.74, 6) is 0. The van der Waals surface area contributed by atoms with Crippen LogP contribution < -0.4 is 0 Å². The molecular weight excluding hydrogens is 234 g/mol. The van der Waals surface area contributed by atoms with Crippen LogP contribution in [0, 0.1) is 6.57 Å². The lowest BCUT2D eigenvalue weighted by Crippen LogP contribution is -2.47. The molecule has 1 aliphatic heterocycles. The summed E-state index contributed by atoms with van der Waals surface area (Å²) in [6, 6.07) is 8.95. The lowest BCUT2D eigenvalue weighted by Gasteiger charge is -2.34. The first-order valence-electron chi connectivity index (χ1n) is 7.28. The molecule has 0 bridgehead atoms. The van der Waals surface area contributed by atoms with Crippen molar-refractivity contribution in [2.45, 2.75) is 25.3 Å². The first-order valence-corrected chi connectivity index (χ1v) is 7.28. The van der Waals surface area contributed by atoms with Gasteiger partial charge in [0.15, 0.2) is 5.69 Å². The Balaban J connectivity index is 1.43. The predicted octanol–water partition coefficient (Wildman–Crippen LogP) is 2.56. The molecule has 2 fully saturated rings. The van der Waals surface area contributed by atoms with Crippen molar-refractivity contribution in [3.05, 3.63) is 41.2 Å². The highest BCUT2D eigenvalue weighted by Gasteiger charge is 2.30. The smallest absolute Gasteiger partial charge is 0.187 e. The average molecular weight is 255 g/mol. The van der Waals surface area contributed by atoms with Gasteiger partial charge in [0.25, 0.3) is 0 Å². The normalized spacial score (nSPS) is 21.2. The summed E-state index contributed by atoms with van der Waals surface area (Å²) in [5, 5.41) is 0. The molecule has 1 heterocycles. The van der Waals surface area contributed by atoms with Crippen LogP contribution in [0.1, 0.15) is 18.4 Å². The number of benzene rings is 1. The fraction of sp³-hybridized carbons (Fsp3) is 0.562. The van der Waals surface area contributed by atoms with Gasteiger partial charge in [0.1, 0.15) is 0 Å². The fourth-order valence-electron chi connectivity index (χ4n) is 2.82. The number of hydrogen-bond acceptors (Lipinski definition) is 2. The Morgan fingerprint density at radius 1 is 1.05 bits per heavy atom. The molecule has 3 rings (SSSR count). The summed E-state index contributed by atoms with van der Waals surface area (Å²) in [6.45, 7) is 13.0. The highest BCUT2D eigenvalue weighted by Crippen LogP contribution is 2.27. The van der Waals surface area contributed by atoms with E-state index in [4.69, 9.17) is 6.57 Å². The van der Waals surface area contributed by atoms with Crippen LogP contribution >= 0.6 is 0 Å². The van der Waals surface area contributed by atoms with Crippen molar-refractivity contribution in [1.82, 2.24) is 9.80 Å². The minimum absolute atomic E-state index is 0.738. The Hall–Kier alpha value is -1.37. The van der Waals surface area contributed by atoms with Crippen LogP contribution in [0.15, 0.2) is 24.3 Å². The molecule has 0 unspecified atom stereocenters. The minimum Gasteiger partial charge on any atom is -0.300 e. The van der Waals surface area contributed by atoms with Crippen molar-refractivity contribution in [1.29, 1.82) is 0 Å². The van der Waals surface area contributed by atoms with E-state index in [9.17, 15) is 0 Å². The van der Waals surface area contributed by atoms with E-state index in [1.165, 1.54) is 44.6 Å². The van der Waals surface area contributed by atoms with Gasteiger partial charge in [0.05, 0.1) is 6.57 Å². The summed E-state index contributed by atoms with van der Waals surface area (Å²) >= 11 is 0. The molecule has 1 aliphatic carbocycles. The SMILES string of the molecule is [C-]#[N+]c1ccc(CCN2CCN(C3CC3)CC2)cc1. The molecule has 0 radical (unpaired) electrons. The van der Waals surface area contributed by atoms with E-state index in [1.54, 1.807) is 0 Å². The molecule has 3 nitrogen and oxygen atoms in total. The summed E-state index contributed by atoms with van der Waals surface area (Å²) in [7, 11) is 0. The van der Waals surface area contributed by atoms with Crippen LogP contribution in [0.4, 0.5) is 5.69 Å². The lowest BCUT2D eigenvalue weighted by molar-refractivity contribution is 0.127. The molecule has 3 heteroatoms. The van der Waals surface area contributed by atoms with Gasteiger partial charge in [-0.2, -0.15) is 0 Å². The molecule has 1 saturated carbocycles. The second-order valence-electron chi connectivity index (χ2n) is 5.64. The minimum atomic E-state index is 0.738. The van der Waals surface area contributed by atoms with Gasteiger partial charge >= 0.3 is 0 Å². The number of rotatable bonds is 4. The van der Waals surface area contributed by atoms with Crippen molar-refractivity contribution in [3.63, 3.8) is 0 Å². The van der Waals surface area contributed by atoms with Gasteiger partial charge in [0.2, 0.25) is 0 Å². The molecule has 1 aromatic rings. The van der Waals surface area contributed by atoms with E-state index >= 15 is 0 Å². The van der Waals surface area contributed by atoms with Gasteiger partial charge in [-0.15, -0.1) is 0 Å². The summed E-state index contributed by atoms with van der Waals surface area (Å²) in [6.07, 6.45) is 3.95. The standard InChI is InChI=1S/C16H21N3/c1-17-15-4-2-14(3-5-15)8-9-18-10-12-19(13-11-18)16-6-7-16/h2-5,16H,6-13H2. The highest BCUT2D eigenvalue weighted by atomic mass is 15.3. The molecule has 100 valence electrons. The Morgan fingerprint density at radius 3 is 2.32 bits per heavy atom. The van der Waals surface area contributed by atoms with Gasteiger partial charge in [0, 0.05) is 38.8 Å². The molecule has 0 aromatic heterocycles. The van der Waals surface area contributed by atoms with E-state index in [0.717, 1.165) is 24.7 Å². The third kappa shape index (κ3) is 3.34. The Bertz CT molecular complexity index is 448. The van der Waals surface area contributed by atoms with Gasteiger partial charge in [-0.05, 0) is 24.8 Å². The van der Waals surface area contributed by atoms with E-state index < -0.39 is 0 Å². The van der Waals surface area contributed by atoms with Crippen LogP contribution in [-0.2, 0) is 6.42 Å². The number of hydrogen-bond donors (Lipinski definition) is 0. The summed E-state index contributed by atoms with van der Waals surface area (Å²) < 4.78 is 0.